The highest BCUT2D eigenvalue weighted by atomic mass is 16.1. The fourth-order valence-corrected chi connectivity index (χ4v) is 2.80. The highest BCUT2D eigenvalue weighted by Gasteiger charge is 2.11. The molecule has 0 spiro atoms. The van der Waals surface area contributed by atoms with Crippen molar-refractivity contribution in [2.24, 2.45) is 0 Å². The Kier molecular flexibility index (Phi) is 5.41. The first-order valence-corrected chi connectivity index (χ1v) is 8.82. The van der Waals surface area contributed by atoms with Gasteiger partial charge in [-0.2, -0.15) is 0 Å². The fourth-order valence-electron chi connectivity index (χ4n) is 2.80. The van der Waals surface area contributed by atoms with Gasteiger partial charge in [0.25, 0.3) is 5.91 Å². The molecule has 3 rings (SSSR count). The second kappa shape index (κ2) is 7.91. The van der Waals surface area contributed by atoms with E-state index in [0.29, 0.717) is 5.69 Å². The molecule has 3 aromatic rings. The summed E-state index contributed by atoms with van der Waals surface area (Å²) < 4.78 is 0. The molecular formula is C22H24N4O. The maximum atomic E-state index is 12.5. The van der Waals surface area contributed by atoms with Crippen molar-refractivity contribution in [1.29, 1.82) is 0 Å². The molecule has 2 N–H and O–H groups in total. The van der Waals surface area contributed by atoms with Gasteiger partial charge in [-0.3, -0.25) is 4.79 Å². The highest BCUT2D eigenvalue weighted by Crippen LogP contribution is 2.22. The first-order chi connectivity index (χ1) is 12.9. The average Bonchev–Trinajstić information content (AvgIpc) is 2.66. The molecule has 1 amide bonds. The van der Waals surface area contributed by atoms with E-state index in [4.69, 9.17) is 0 Å². The first kappa shape index (κ1) is 18.5. The van der Waals surface area contributed by atoms with Crippen LogP contribution in [-0.2, 0) is 0 Å². The Balaban J connectivity index is 1.68. The molecular weight excluding hydrogens is 336 g/mol. The fraction of sp³-hybridized carbons (Fsp3) is 0.182. The summed E-state index contributed by atoms with van der Waals surface area (Å²) in [7, 11) is 4.02. The zero-order valence-corrected chi connectivity index (χ0v) is 16.1. The van der Waals surface area contributed by atoms with Crippen molar-refractivity contribution in [3.63, 3.8) is 0 Å². The van der Waals surface area contributed by atoms with Crippen molar-refractivity contribution in [2.45, 2.75) is 13.8 Å². The van der Waals surface area contributed by atoms with Crippen LogP contribution in [0.25, 0.3) is 0 Å². The zero-order valence-electron chi connectivity index (χ0n) is 16.1. The molecule has 0 aliphatic carbocycles. The normalized spacial score (nSPS) is 10.4. The Hall–Kier alpha value is -3.34. The molecule has 138 valence electrons. The van der Waals surface area contributed by atoms with Gasteiger partial charge in [0.05, 0.1) is 11.9 Å². The van der Waals surface area contributed by atoms with Gasteiger partial charge in [0.1, 0.15) is 5.69 Å². The van der Waals surface area contributed by atoms with E-state index in [9.17, 15) is 4.79 Å². The number of anilines is 4. The minimum Gasteiger partial charge on any atom is -0.378 e. The first-order valence-electron chi connectivity index (χ1n) is 8.82. The van der Waals surface area contributed by atoms with Crippen LogP contribution in [0.2, 0.25) is 0 Å². The third-order valence-corrected chi connectivity index (χ3v) is 4.39. The Bertz CT molecular complexity index is 911. The van der Waals surface area contributed by atoms with E-state index >= 15 is 0 Å². The zero-order chi connectivity index (χ0) is 19.4. The number of aryl methyl sites for hydroxylation is 2. The molecule has 0 aliphatic heterocycles. The number of nitrogens with zero attached hydrogens (tertiary/aromatic N) is 2. The van der Waals surface area contributed by atoms with E-state index in [2.05, 4.69) is 20.5 Å². The maximum absolute atomic E-state index is 12.5. The van der Waals surface area contributed by atoms with Crippen molar-refractivity contribution in [3.8, 4) is 0 Å². The molecule has 0 radical (unpaired) electrons. The number of benzene rings is 2. The number of para-hydroxylation sites is 1. The molecule has 2 aromatic carbocycles. The van der Waals surface area contributed by atoms with Gasteiger partial charge < -0.3 is 15.5 Å². The van der Waals surface area contributed by atoms with Gasteiger partial charge in [-0.05, 0) is 61.4 Å². The summed E-state index contributed by atoms with van der Waals surface area (Å²) in [6, 6.07) is 17.6. The minimum atomic E-state index is -0.214. The van der Waals surface area contributed by atoms with Crippen LogP contribution in [-0.4, -0.2) is 25.0 Å². The predicted molar refractivity (Wildman–Crippen MR) is 112 cm³/mol. The van der Waals surface area contributed by atoms with E-state index in [-0.39, 0.29) is 5.91 Å². The summed E-state index contributed by atoms with van der Waals surface area (Å²) in [5.41, 5.74) is 6.22. The third-order valence-electron chi connectivity index (χ3n) is 4.39. The molecule has 5 heteroatoms. The predicted octanol–water partition coefficient (Wildman–Crippen LogP) is 4.76. The van der Waals surface area contributed by atoms with E-state index < -0.39 is 0 Å². The van der Waals surface area contributed by atoms with Gasteiger partial charge in [0.15, 0.2) is 0 Å². The third kappa shape index (κ3) is 4.44. The summed E-state index contributed by atoms with van der Waals surface area (Å²) in [5, 5.41) is 6.25. The summed E-state index contributed by atoms with van der Waals surface area (Å²) >= 11 is 0. The molecule has 0 saturated carbocycles. The topological polar surface area (TPSA) is 57.3 Å². The van der Waals surface area contributed by atoms with Gasteiger partial charge >= 0.3 is 0 Å². The smallest absolute Gasteiger partial charge is 0.274 e. The molecule has 0 saturated heterocycles. The van der Waals surface area contributed by atoms with Crippen molar-refractivity contribution in [1.82, 2.24) is 4.98 Å². The van der Waals surface area contributed by atoms with Crippen molar-refractivity contribution >= 4 is 28.7 Å². The standard InChI is InChI=1S/C22H24N4O/c1-15-6-5-7-16(2)21(15)25-22(27)20-13-10-18(14-23-20)24-17-8-11-19(12-9-17)26(3)4/h5-14,24H,1-4H3,(H,25,27). The molecule has 0 aliphatic rings. The lowest BCUT2D eigenvalue weighted by atomic mass is 10.1. The number of rotatable bonds is 5. The van der Waals surface area contributed by atoms with Crippen LogP contribution in [0.5, 0.6) is 0 Å². The van der Waals surface area contributed by atoms with E-state index in [0.717, 1.165) is 33.9 Å². The lowest BCUT2D eigenvalue weighted by Gasteiger charge is -2.13. The summed E-state index contributed by atoms with van der Waals surface area (Å²) in [5.74, 6) is -0.214. The van der Waals surface area contributed by atoms with Gasteiger partial charge in [0.2, 0.25) is 0 Å². The quantitative estimate of drug-likeness (QED) is 0.689. The van der Waals surface area contributed by atoms with Gasteiger partial charge in [-0.15, -0.1) is 0 Å². The Morgan fingerprint density at radius 2 is 1.52 bits per heavy atom. The molecule has 0 fully saturated rings. The minimum absolute atomic E-state index is 0.214. The summed E-state index contributed by atoms with van der Waals surface area (Å²) in [6.07, 6.45) is 1.67. The second-order valence-electron chi connectivity index (χ2n) is 6.72. The molecule has 0 bridgehead atoms. The van der Waals surface area contributed by atoms with Gasteiger partial charge in [-0.1, -0.05) is 18.2 Å². The molecule has 5 nitrogen and oxygen atoms in total. The molecule has 0 atom stereocenters. The van der Waals surface area contributed by atoms with Crippen LogP contribution in [0.1, 0.15) is 21.6 Å². The van der Waals surface area contributed by atoms with Crippen LogP contribution >= 0.6 is 0 Å². The van der Waals surface area contributed by atoms with Crippen LogP contribution in [0.15, 0.2) is 60.8 Å². The molecule has 1 aromatic heterocycles. The van der Waals surface area contributed by atoms with E-state index in [1.807, 2.05) is 76.5 Å². The van der Waals surface area contributed by atoms with Gasteiger partial charge in [0, 0.05) is 31.2 Å². The van der Waals surface area contributed by atoms with Crippen LogP contribution < -0.4 is 15.5 Å². The van der Waals surface area contributed by atoms with Crippen LogP contribution in [0, 0.1) is 13.8 Å². The van der Waals surface area contributed by atoms with Crippen LogP contribution in [0.3, 0.4) is 0 Å². The number of aromatic nitrogens is 1. The second-order valence-corrected chi connectivity index (χ2v) is 6.72. The van der Waals surface area contributed by atoms with Crippen molar-refractivity contribution in [2.75, 3.05) is 29.6 Å². The maximum Gasteiger partial charge on any atom is 0.274 e. The SMILES string of the molecule is Cc1cccc(C)c1NC(=O)c1ccc(Nc2ccc(N(C)C)cc2)cn1. The number of pyridine rings is 1. The van der Waals surface area contributed by atoms with Gasteiger partial charge in [-0.25, -0.2) is 4.98 Å². The molecule has 0 unspecified atom stereocenters. The summed E-state index contributed by atoms with van der Waals surface area (Å²) in [4.78, 5) is 18.8. The number of amides is 1. The monoisotopic (exact) mass is 360 g/mol. The number of carbonyl (C=O) groups is 1. The van der Waals surface area contributed by atoms with E-state index in [1.54, 1.807) is 12.3 Å². The largest absolute Gasteiger partial charge is 0.378 e. The Morgan fingerprint density at radius 1 is 0.889 bits per heavy atom. The number of carbonyl (C=O) groups excluding carboxylic acids is 1. The Morgan fingerprint density at radius 3 is 2.07 bits per heavy atom. The lowest BCUT2D eigenvalue weighted by molar-refractivity contribution is 0.102. The van der Waals surface area contributed by atoms with Crippen molar-refractivity contribution in [3.05, 3.63) is 77.6 Å². The Labute approximate surface area is 160 Å². The van der Waals surface area contributed by atoms with Crippen molar-refractivity contribution < 1.29 is 4.79 Å². The molecule has 1 heterocycles. The van der Waals surface area contributed by atoms with Crippen LogP contribution in [0.4, 0.5) is 22.7 Å². The number of hydrogen-bond acceptors (Lipinski definition) is 4. The lowest BCUT2D eigenvalue weighted by Crippen LogP contribution is -2.15. The number of nitrogens with one attached hydrogen (secondary N) is 2. The highest BCUT2D eigenvalue weighted by molar-refractivity contribution is 6.03. The summed E-state index contributed by atoms with van der Waals surface area (Å²) in [6.45, 7) is 3.95. The average molecular weight is 360 g/mol. The van der Waals surface area contributed by atoms with E-state index in [1.165, 1.54) is 0 Å². The molecule has 27 heavy (non-hydrogen) atoms. The number of hydrogen-bond donors (Lipinski definition) is 2.